The zero-order valence-electron chi connectivity index (χ0n) is 34.9. The predicted octanol–water partition coefficient (Wildman–Crippen LogP) is 16.9. The summed E-state index contributed by atoms with van der Waals surface area (Å²) in [4.78, 5) is 11.0. The molecule has 0 amide bonds. The molecule has 0 radical (unpaired) electrons. The molecule has 300 valence electrons. The highest BCUT2D eigenvalue weighted by Crippen LogP contribution is 2.54. The van der Waals surface area contributed by atoms with Crippen molar-refractivity contribution in [3.05, 3.63) is 229 Å². The first-order valence-corrected chi connectivity index (χ1v) is 23.4. The Bertz CT molecular complexity index is 3670. The molecule has 0 saturated carbocycles. The smallest absolute Gasteiger partial charge is 0.160 e. The van der Waals surface area contributed by atoms with E-state index in [0.717, 1.165) is 39.2 Å². The van der Waals surface area contributed by atoms with E-state index in [9.17, 15) is 0 Å². The van der Waals surface area contributed by atoms with Gasteiger partial charge in [-0.25, -0.2) is 9.97 Å². The van der Waals surface area contributed by atoms with Crippen LogP contribution in [0.4, 0.5) is 0 Å². The van der Waals surface area contributed by atoms with E-state index in [1.165, 1.54) is 79.3 Å². The predicted molar refractivity (Wildman–Crippen MR) is 272 cm³/mol. The summed E-state index contributed by atoms with van der Waals surface area (Å²) in [5, 5.41) is 5.12. The Balaban J connectivity index is 1.10. The van der Waals surface area contributed by atoms with Gasteiger partial charge in [-0.3, -0.25) is 0 Å². The van der Waals surface area contributed by atoms with Gasteiger partial charge in [0.25, 0.3) is 0 Å². The maximum Gasteiger partial charge on any atom is 0.160 e. The molecule has 1 aliphatic rings. The molecule has 4 heteroatoms. The van der Waals surface area contributed by atoms with Crippen LogP contribution in [0.1, 0.15) is 23.6 Å². The van der Waals surface area contributed by atoms with Crippen LogP contribution < -0.4 is 0 Å². The van der Waals surface area contributed by atoms with Gasteiger partial charge in [-0.1, -0.05) is 188 Å². The van der Waals surface area contributed by atoms with Gasteiger partial charge < -0.3 is 0 Å². The Hall–Kier alpha value is -7.50. The van der Waals surface area contributed by atoms with Crippen molar-refractivity contribution in [2.75, 3.05) is 0 Å². The summed E-state index contributed by atoms with van der Waals surface area (Å²) in [5.74, 6) is 0.698. The third-order valence-corrected chi connectivity index (χ3v) is 15.9. The van der Waals surface area contributed by atoms with E-state index < -0.39 is 0 Å². The molecule has 0 fully saturated rings. The summed E-state index contributed by atoms with van der Waals surface area (Å²) >= 11 is 3.74. The fourth-order valence-corrected chi connectivity index (χ4v) is 12.8. The van der Waals surface area contributed by atoms with Gasteiger partial charge in [0, 0.05) is 73.6 Å². The lowest BCUT2D eigenvalue weighted by atomic mass is 9.74. The number of rotatable bonds is 6. The van der Waals surface area contributed by atoms with Gasteiger partial charge in [0.05, 0.1) is 11.4 Å². The highest BCUT2D eigenvalue weighted by atomic mass is 32.1. The molecule has 0 saturated heterocycles. The second-order valence-electron chi connectivity index (χ2n) is 16.9. The second-order valence-corrected chi connectivity index (χ2v) is 19.0. The van der Waals surface area contributed by atoms with Crippen LogP contribution in [0.25, 0.3) is 108 Å². The Morgan fingerprint density at radius 3 is 1.53 bits per heavy atom. The van der Waals surface area contributed by atoms with E-state index in [1.54, 1.807) is 0 Å². The van der Waals surface area contributed by atoms with E-state index in [-0.39, 0.29) is 5.41 Å². The lowest BCUT2D eigenvalue weighted by Gasteiger charge is -2.28. The van der Waals surface area contributed by atoms with Crippen molar-refractivity contribution in [1.82, 2.24) is 9.97 Å². The molecule has 1 unspecified atom stereocenters. The molecular formula is C60H38N2S2. The Morgan fingerprint density at radius 2 is 0.859 bits per heavy atom. The second kappa shape index (κ2) is 14.5. The van der Waals surface area contributed by atoms with Crippen LogP contribution in [0.3, 0.4) is 0 Å². The first-order chi connectivity index (χ1) is 31.6. The first-order valence-electron chi connectivity index (χ1n) is 21.8. The lowest BCUT2D eigenvalue weighted by molar-refractivity contribution is 0.714. The van der Waals surface area contributed by atoms with Crippen LogP contribution in [0.5, 0.6) is 0 Å². The number of nitrogens with zero attached hydrogens (tertiary/aromatic N) is 2. The lowest BCUT2D eigenvalue weighted by Crippen LogP contribution is -2.22. The van der Waals surface area contributed by atoms with Gasteiger partial charge in [-0.15, -0.1) is 22.7 Å². The van der Waals surface area contributed by atoms with Crippen LogP contribution in [0.15, 0.2) is 212 Å². The van der Waals surface area contributed by atoms with Crippen LogP contribution >= 0.6 is 22.7 Å². The summed E-state index contributed by atoms with van der Waals surface area (Å²) in [5.41, 5.74) is 15.7. The minimum atomic E-state index is -0.340. The molecule has 64 heavy (non-hydrogen) atoms. The normalized spacial score (nSPS) is 14.4. The minimum Gasteiger partial charge on any atom is -0.228 e. The fraction of sp³-hybridized carbons (Fsp3) is 0.0333. The van der Waals surface area contributed by atoms with Gasteiger partial charge in [-0.2, -0.15) is 0 Å². The maximum atomic E-state index is 5.59. The van der Waals surface area contributed by atoms with Crippen LogP contribution in [-0.4, -0.2) is 9.97 Å². The van der Waals surface area contributed by atoms with E-state index in [2.05, 4.69) is 219 Å². The molecule has 0 N–H and O–H groups in total. The molecule has 12 aromatic rings. The molecule has 3 heterocycles. The van der Waals surface area contributed by atoms with Crippen LogP contribution in [0, 0.1) is 0 Å². The van der Waals surface area contributed by atoms with Crippen molar-refractivity contribution >= 4 is 63.0 Å². The molecule has 0 spiro atoms. The van der Waals surface area contributed by atoms with E-state index >= 15 is 0 Å². The number of fused-ring (bicyclic) bond motifs is 9. The van der Waals surface area contributed by atoms with Crippen molar-refractivity contribution in [3.63, 3.8) is 0 Å². The molecule has 1 aliphatic carbocycles. The van der Waals surface area contributed by atoms with E-state index in [4.69, 9.17) is 9.97 Å². The Kier molecular flexibility index (Phi) is 8.42. The number of hydrogen-bond acceptors (Lipinski definition) is 4. The molecule has 3 aromatic heterocycles. The number of benzene rings is 9. The Labute approximate surface area is 379 Å². The quantitative estimate of drug-likeness (QED) is 0.167. The largest absolute Gasteiger partial charge is 0.228 e. The van der Waals surface area contributed by atoms with Gasteiger partial charge in [0.1, 0.15) is 0 Å². The SMILES string of the molecule is CC1(c2ccccc2)c2ccccc2-c2ccc(-c3cc(-c4c(-c5cccc6c5sc5ccccc56)cccc4-c4cccc5c4sc4ccccc45)nc(-c4ccccc4)n3)cc21. The van der Waals surface area contributed by atoms with Gasteiger partial charge in [-0.05, 0) is 70.1 Å². The van der Waals surface area contributed by atoms with Gasteiger partial charge in [0.15, 0.2) is 5.82 Å². The highest BCUT2D eigenvalue weighted by Gasteiger charge is 2.40. The number of thiophene rings is 2. The molecule has 0 aliphatic heterocycles. The monoisotopic (exact) mass is 850 g/mol. The topological polar surface area (TPSA) is 25.8 Å². The van der Waals surface area contributed by atoms with Crippen molar-refractivity contribution in [2.45, 2.75) is 12.3 Å². The zero-order valence-corrected chi connectivity index (χ0v) is 36.6. The zero-order chi connectivity index (χ0) is 42.4. The summed E-state index contributed by atoms with van der Waals surface area (Å²) in [6, 6.07) is 77.4. The molecule has 2 nitrogen and oxygen atoms in total. The van der Waals surface area contributed by atoms with Crippen LogP contribution in [-0.2, 0) is 5.41 Å². The molecule has 9 aromatic carbocycles. The summed E-state index contributed by atoms with van der Waals surface area (Å²) in [6.07, 6.45) is 0. The van der Waals surface area contributed by atoms with Crippen molar-refractivity contribution in [3.8, 4) is 67.3 Å². The van der Waals surface area contributed by atoms with Crippen molar-refractivity contribution < 1.29 is 0 Å². The average Bonchev–Trinajstić information content (AvgIpc) is 4.02. The Morgan fingerprint density at radius 1 is 0.359 bits per heavy atom. The van der Waals surface area contributed by atoms with E-state index in [0.29, 0.717) is 5.82 Å². The maximum absolute atomic E-state index is 5.59. The molecule has 1 atom stereocenters. The molecular weight excluding hydrogens is 813 g/mol. The highest BCUT2D eigenvalue weighted by molar-refractivity contribution is 7.26. The summed E-state index contributed by atoms with van der Waals surface area (Å²) in [7, 11) is 0. The minimum absolute atomic E-state index is 0.340. The van der Waals surface area contributed by atoms with Crippen molar-refractivity contribution in [2.24, 2.45) is 0 Å². The summed E-state index contributed by atoms with van der Waals surface area (Å²) in [6.45, 7) is 2.38. The van der Waals surface area contributed by atoms with Crippen LogP contribution in [0.2, 0.25) is 0 Å². The third kappa shape index (κ3) is 5.63. The third-order valence-electron chi connectivity index (χ3n) is 13.4. The van der Waals surface area contributed by atoms with Crippen molar-refractivity contribution in [1.29, 1.82) is 0 Å². The van der Waals surface area contributed by atoms with Gasteiger partial charge in [0.2, 0.25) is 0 Å². The fourth-order valence-electron chi connectivity index (χ4n) is 10.4. The van der Waals surface area contributed by atoms with E-state index in [1.807, 2.05) is 22.7 Å². The number of hydrogen-bond donors (Lipinski definition) is 0. The average molecular weight is 851 g/mol. The standard InChI is InChI=1S/C60H38N2S2/c1-60(39-19-6-3-7-20-39)50-30-11-8-21-40(50)41-34-33-38(35-51(41)60)52-36-53(62-59(61-52)37-17-4-2-5-18-37)56-44(48-28-15-26-46-42-22-9-12-31-54(42)63-57(46)48)24-14-25-45(56)49-29-16-27-47-43-23-10-13-32-55(43)64-58(47)49/h2-36H,1H3. The first kappa shape index (κ1) is 37.1. The molecule has 13 rings (SSSR count). The number of aromatic nitrogens is 2. The molecule has 0 bridgehead atoms. The van der Waals surface area contributed by atoms with Gasteiger partial charge >= 0.3 is 0 Å². The summed E-state index contributed by atoms with van der Waals surface area (Å²) < 4.78 is 5.13.